The van der Waals surface area contributed by atoms with E-state index in [2.05, 4.69) is 0 Å². The summed E-state index contributed by atoms with van der Waals surface area (Å²) in [4.78, 5) is 14.6. The molecule has 3 aromatic carbocycles. The minimum absolute atomic E-state index is 0.138. The molecule has 0 saturated carbocycles. The van der Waals surface area contributed by atoms with Crippen LogP contribution in [0.5, 0.6) is 5.75 Å². The number of carbonyl (C=O) groups excluding carboxylic acids is 1. The highest BCUT2D eigenvalue weighted by Crippen LogP contribution is 2.24. The third-order valence-corrected chi connectivity index (χ3v) is 7.17. The van der Waals surface area contributed by atoms with Crippen molar-refractivity contribution in [2.75, 3.05) is 32.1 Å². The first kappa shape index (κ1) is 23.5. The minimum atomic E-state index is -3.90. The number of ether oxygens (including phenoxy) is 1. The monoisotopic (exact) mass is 452 g/mol. The smallest absolute Gasteiger partial charge is 0.243 e. The van der Waals surface area contributed by atoms with Crippen molar-refractivity contribution in [3.8, 4) is 5.75 Å². The number of likely N-dealkylation sites (N-methyl/N-ethyl adjacent to an activating group) is 1. The summed E-state index contributed by atoms with van der Waals surface area (Å²) in [6.45, 7) is 1.72. The van der Waals surface area contributed by atoms with Gasteiger partial charge in [-0.05, 0) is 54.8 Å². The average molecular weight is 453 g/mol. The van der Waals surface area contributed by atoms with E-state index in [9.17, 15) is 13.2 Å². The van der Waals surface area contributed by atoms with E-state index in [-0.39, 0.29) is 23.9 Å². The van der Waals surface area contributed by atoms with Crippen LogP contribution in [-0.4, -0.2) is 45.9 Å². The second kappa shape index (κ2) is 10.4. The van der Waals surface area contributed by atoms with Crippen LogP contribution in [-0.2, 0) is 21.2 Å². The van der Waals surface area contributed by atoms with E-state index in [0.717, 1.165) is 5.56 Å². The largest absolute Gasteiger partial charge is 0.496 e. The number of carbonyl (C=O) groups is 1. The molecule has 3 rings (SSSR count). The van der Waals surface area contributed by atoms with Crippen LogP contribution in [0.15, 0.2) is 83.8 Å². The van der Waals surface area contributed by atoms with E-state index in [0.29, 0.717) is 23.4 Å². The molecule has 0 N–H and O–H groups in total. The Labute approximate surface area is 190 Å². The lowest BCUT2D eigenvalue weighted by Crippen LogP contribution is -2.42. The topological polar surface area (TPSA) is 66.9 Å². The first-order chi connectivity index (χ1) is 15.3. The maximum atomic E-state index is 13.5. The van der Waals surface area contributed by atoms with Crippen molar-refractivity contribution >= 4 is 21.6 Å². The molecule has 0 atom stereocenters. The Bertz CT molecular complexity index is 1150. The van der Waals surface area contributed by atoms with Crippen molar-refractivity contribution in [3.05, 3.63) is 90.0 Å². The normalized spacial score (nSPS) is 11.4. The fourth-order valence-electron chi connectivity index (χ4n) is 3.40. The number of amides is 1. The first-order valence-electron chi connectivity index (χ1n) is 10.3. The molecule has 32 heavy (non-hydrogen) atoms. The van der Waals surface area contributed by atoms with Crippen LogP contribution < -0.4 is 9.64 Å². The van der Waals surface area contributed by atoms with Crippen LogP contribution >= 0.6 is 0 Å². The maximum absolute atomic E-state index is 13.5. The molecule has 168 valence electrons. The van der Waals surface area contributed by atoms with Gasteiger partial charge in [-0.1, -0.05) is 48.5 Å². The molecule has 7 heteroatoms. The van der Waals surface area contributed by atoms with Crippen molar-refractivity contribution in [3.63, 3.8) is 0 Å². The maximum Gasteiger partial charge on any atom is 0.243 e. The van der Waals surface area contributed by atoms with E-state index >= 15 is 0 Å². The van der Waals surface area contributed by atoms with Gasteiger partial charge in [-0.2, -0.15) is 4.31 Å². The Morgan fingerprint density at radius 3 is 2.16 bits per heavy atom. The van der Waals surface area contributed by atoms with Gasteiger partial charge in [0.2, 0.25) is 15.9 Å². The number of hydrogen-bond donors (Lipinski definition) is 0. The Hall–Kier alpha value is -3.16. The Morgan fingerprint density at radius 1 is 0.938 bits per heavy atom. The SMILES string of the molecule is COc1ccc(S(=O)(=O)N(CCc2ccccc2)CC(=O)N(C)c2ccccc2)cc1C. The molecular formula is C25H28N2O4S. The molecule has 0 aliphatic carbocycles. The van der Waals surface area contributed by atoms with Gasteiger partial charge in [0.05, 0.1) is 18.6 Å². The molecule has 1 amide bonds. The van der Waals surface area contributed by atoms with Gasteiger partial charge in [0.15, 0.2) is 0 Å². The van der Waals surface area contributed by atoms with Crippen molar-refractivity contribution < 1.29 is 17.9 Å². The van der Waals surface area contributed by atoms with Gasteiger partial charge in [0.1, 0.15) is 5.75 Å². The van der Waals surface area contributed by atoms with Crippen LogP contribution in [0.1, 0.15) is 11.1 Å². The molecule has 0 spiro atoms. The predicted molar refractivity (Wildman–Crippen MR) is 126 cm³/mol. The van der Waals surface area contributed by atoms with E-state index in [1.165, 1.54) is 15.3 Å². The first-order valence-corrected chi connectivity index (χ1v) is 11.8. The summed E-state index contributed by atoms with van der Waals surface area (Å²) in [6.07, 6.45) is 0.498. The van der Waals surface area contributed by atoms with Crippen molar-refractivity contribution in [2.24, 2.45) is 0 Å². The van der Waals surface area contributed by atoms with E-state index < -0.39 is 10.0 Å². The summed E-state index contributed by atoms with van der Waals surface area (Å²) in [5.41, 5.74) is 2.42. The molecule has 0 unspecified atom stereocenters. The molecule has 0 heterocycles. The molecule has 0 aliphatic rings. The molecule has 0 fully saturated rings. The number of rotatable bonds is 9. The highest BCUT2D eigenvalue weighted by Gasteiger charge is 2.28. The number of anilines is 1. The van der Waals surface area contributed by atoms with Crippen LogP contribution in [0.2, 0.25) is 0 Å². The van der Waals surface area contributed by atoms with Crippen LogP contribution in [0.4, 0.5) is 5.69 Å². The minimum Gasteiger partial charge on any atom is -0.496 e. The van der Waals surface area contributed by atoms with Gasteiger partial charge < -0.3 is 9.64 Å². The Kier molecular flexibility index (Phi) is 7.66. The number of hydrogen-bond acceptors (Lipinski definition) is 4. The summed E-state index contributed by atoms with van der Waals surface area (Å²) in [5.74, 6) is 0.303. The number of para-hydroxylation sites is 1. The fraction of sp³-hybridized carbons (Fsp3) is 0.240. The van der Waals surface area contributed by atoms with E-state index in [1.807, 2.05) is 60.7 Å². The third-order valence-electron chi connectivity index (χ3n) is 5.33. The van der Waals surface area contributed by atoms with Crippen LogP contribution in [0, 0.1) is 6.92 Å². The lowest BCUT2D eigenvalue weighted by atomic mass is 10.1. The van der Waals surface area contributed by atoms with Crippen molar-refractivity contribution in [1.29, 1.82) is 0 Å². The van der Waals surface area contributed by atoms with Gasteiger partial charge in [0.25, 0.3) is 0 Å². The van der Waals surface area contributed by atoms with E-state index in [4.69, 9.17) is 4.74 Å². The number of aryl methyl sites for hydroxylation is 1. The standard InChI is InChI=1S/C25H28N2O4S/c1-20-18-23(14-15-24(20)31-3)32(29,30)27(17-16-21-10-6-4-7-11-21)19-25(28)26(2)22-12-8-5-9-13-22/h4-15,18H,16-17,19H2,1-3H3. The quantitative estimate of drug-likeness (QED) is 0.494. The second-order valence-electron chi connectivity index (χ2n) is 7.49. The number of benzene rings is 3. The van der Waals surface area contributed by atoms with Gasteiger partial charge in [-0.15, -0.1) is 0 Å². The zero-order valence-corrected chi connectivity index (χ0v) is 19.4. The molecule has 0 saturated heterocycles. The van der Waals surface area contributed by atoms with Crippen molar-refractivity contribution in [2.45, 2.75) is 18.2 Å². The molecule has 0 radical (unpaired) electrons. The Morgan fingerprint density at radius 2 is 1.56 bits per heavy atom. The van der Waals surface area contributed by atoms with Gasteiger partial charge >= 0.3 is 0 Å². The lowest BCUT2D eigenvalue weighted by Gasteiger charge is -2.25. The van der Waals surface area contributed by atoms with Gasteiger partial charge in [-0.25, -0.2) is 8.42 Å². The highest BCUT2D eigenvalue weighted by atomic mass is 32.2. The Balaban J connectivity index is 1.88. The molecule has 0 aromatic heterocycles. The van der Waals surface area contributed by atoms with Crippen LogP contribution in [0.3, 0.4) is 0 Å². The summed E-state index contributed by atoms with van der Waals surface area (Å²) < 4.78 is 33.5. The molecule has 0 bridgehead atoms. The second-order valence-corrected chi connectivity index (χ2v) is 9.43. The zero-order valence-electron chi connectivity index (χ0n) is 18.6. The van der Waals surface area contributed by atoms with E-state index in [1.54, 1.807) is 33.2 Å². The van der Waals surface area contributed by atoms with Gasteiger partial charge in [0, 0.05) is 19.3 Å². The summed E-state index contributed by atoms with van der Waals surface area (Å²) in [7, 11) is -0.707. The summed E-state index contributed by atoms with van der Waals surface area (Å²) in [6, 6.07) is 23.5. The lowest BCUT2D eigenvalue weighted by molar-refractivity contribution is -0.118. The number of methoxy groups -OCH3 is 1. The van der Waals surface area contributed by atoms with Crippen molar-refractivity contribution in [1.82, 2.24) is 4.31 Å². The summed E-state index contributed by atoms with van der Waals surface area (Å²) >= 11 is 0. The summed E-state index contributed by atoms with van der Waals surface area (Å²) in [5, 5.41) is 0. The van der Waals surface area contributed by atoms with Gasteiger partial charge in [-0.3, -0.25) is 4.79 Å². The molecule has 0 aliphatic heterocycles. The third kappa shape index (κ3) is 5.55. The molecule has 3 aromatic rings. The molecular weight excluding hydrogens is 424 g/mol. The van der Waals surface area contributed by atoms with Crippen LogP contribution in [0.25, 0.3) is 0 Å². The zero-order chi connectivity index (χ0) is 23.1. The predicted octanol–water partition coefficient (Wildman–Crippen LogP) is 3.90. The number of sulfonamides is 1. The average Bonchev–Trinajstić information content (AvgIpc) is 2.82. The fourth-order valence-corrected chi connectivity index (χ4v) is 4.87. The molecule has 6 nitrogen and oxygen atoms in total. The highest BCUT2D eigenvalue weighted by molar-refractivity contribution is 7.89. The number of nitrogens with zero attached hydrogens (tertiary/aromatic N) is 2.